The van der Waals surface area contributed by atoms with Crippen molar-refractivity contribution in [3.63, 3.8) is 0 Å². The van der Waals surface area contributed by atoms with Gasteiger partial charge in [0, 0.05) is 24.0 Å². The summed E-state index contributed by atoms with van der Waals surface area (Å²) in [5.74, 6) is 1.49. The van der Waals surface area contributed by atoms with Gasteiger partial charge in [0.05, 0.1) is 7.11 Å². The number of alkyl halides is 1. The zero-order valence-corrected chi connectivity index (χ0v) is 12.3. The number of carbonyl (C=O) groups excluding carboxylic acids is 1. The molecule has 0 N–H and O–H groups in total. The highest BCUT2D eigenvalue weighted by molar-refractivity contribution is 9.09. The number of hydrogen-bond acceptors (Lipinski definition) is 2. The van der Waals surface area contributed by atoms with E-state index >= 15 is 0 Å². The average Bonchev–Trinajstić information content (AvgIpc) is 2.36. The van der Waals surface area contributed by atoms with Gasteiger partial charge in [-0.25, -0.2) is 0 Å². The summed E-state index contributed by atoms with van der Waals surface area (Å²) < 4.78 is 5.08. The van der Waals surface area contributed by atoms with Crippen molar-refractivity contribution in [3.8, 4) is 5.75 Å². The Hall–Kier alpha value is -1.03. The fraction of sp³-hybridized carbons (Fsp3) is 0.500. The van der Waals surface area contributed by atoms with Crippen LogP contribution >= 0.6 is 15.9 Å². The van der Waals surface area contributed by atoms with Crippen molar-refractivity contribution in [2.75, 3.05) is 20.7 Å². The Kier molecular flexibility index (Phi) is 4.27. The molecule has 18 heavy (non-hydrogen) atoms. The Morgan fingerprint density at radius 3 is 2.50 bits per heavy atom. The van der Waals surface area contributed by atoms with Crippen LogP contribution in [0.1, 0.15) is 23.2 Å². The molecule has 1 fully saturated rings. The first-order valence-electron chi connectivity index (χ1n) is 6.13. The SMILES string of the molecule is COc1ccc(C(=O)N(C)CC2CC(Br)C2)cc1. The van der Waals surface area contributed by atoms with Gasteiger partial charge in [-0.05, 0) is 43.0 Å². The molecule has 1 saturated carbocycles. The monoisotopic (exact) mass is 311 g/mol. The number of halogens is 1. The van der Waals surface area contributed by atoms with Gasteiger partial charge >= 0.3 is 0 Å². The van der Waals surface area contributed by atoms with Crippen molar-refractivity contribution < 1.29 is 9.53 Å². The molecule has 3 nitrogen and oxygen atoms in total. The molecule has 0 unspecified atom stereocenters. The van der Waals surface area contributed by atoms with Crippen LogP contribution < -0.4 is 4.74 Å². The van der Waals surface area contributed by atoms with Gasteiger partial charge in [0.25, 0.3) is 5.91 Å². The molecule has 98 valence electrons. The minimum absolute atomic E-state index is 0.0793. The van der Waals surface area contributed by atoms with Crippen LogP contribution in [0.25, 0.3) is 0 Å². The molecule has 4 heteroatoms. The van der Waals surface area contributed by atoms with Gasteiger partial charge in [0.2, 0.25) is 0 Å². The van der Waals surface area contributed by atoms with Gasteiger partial charge in [0.15, 0.2) is 0 Å². The Morgan fingerprint density at radius 2 is 2.00 bits per heavy atom. The highest BCUT2D eigenvalue weighted by atomic mass is 79.9. The van der Waals surface area contributed by atoms with Gasteiger partial charge < -0.3 is 9.64 Å². The van der Waals surface area contributed by atoms with Gasteiger partial charge in [-0.2, -0.15) is 0 Å². The van der Waals surface area contributed by atoms with Gasteiger partial charge in [-0.3, -0.25) is 4.79 Å². The number of ether oxygens (including phenoxy) is 1. The molecular weight excluding hydrogens is 294 g/mol. The number of amides is 1. The standard InChI is InChI=1S/C14H18BrNO2/c1-16(9-10-7-12(15)8-10)14(17)11-3-5-13(18-2)6-4-11/h3-6,10,12H,7-9H2,1-2H3. The third-order valence-corrected chi connectivity index (χ3v) is 4.14. The second kappa shape index (κ2) is 5.74. The number of carbonyl (C=O) groups is 1. The van der Waals surface area contributed by atoms with E-state index in [1.165, 1.54) is 12.8 Å². The average molecular weight is 312 g/mol. The van der Waals surface area contributed by atoms with Crippen LogP contribution in [0.4, 0.5) is 0 Å². The fourth-order valence-corrected chi connectivity index (χ4v) is 3.28. The Morgan fingerprint density at radius 1 is 1.39 bits per heavy atom. The first-order valence-corrected chi connectivity index (χ1v) is 7.05. The first-order chi connectivity index (χ1) is 8.60. The third kappa shape index (κ3) is 3.05. The first kappa shape index (κ1) is 13.4. The Balaban J connectivity index is 1.92. The molecule has 1 aromatic rings. The zero-order valence-electron chi connectivity index (χ0n) is 10.7. The highest BCUT2D eigenvalue weighted by Crippen LogP contribution is 2.33. The van der Waals surface area contributed by atoms with Crippen molar-refractivity contribution >= 4 is 21.8 Å². The predicted molar refractivity (Wildman–Crippen MR) is 75.4 cm³/mol. The van der Waals surface area contributed by atoms with E-state index < -0.39 is 0 Å². The van der Waals surface area contributed by atoms with Crippen LogP contribution in [0.2, 0.25) is 0 Å². The normalized spacial score (nSPS) is 22.2. The molecule has 0 atom stereocenters. The third-order valence-electron chi connectivity index (χ3n) is 3.39. The van der Waals surface area contributed by atoms with Gasteiger partial charge in [-0.1, -0.05) is 15.9 Å². The predicted octanol–water partition coefficient (Wildman–Crippen LogP) is 2.94. The molecule has 0 aromatic heterocycles. The fourth-order valence-electron chi connectivity index (χ4n) is 2.23. The lowest BCUT2D eigenvalue weighted by Crippen LogP contribution is -2.37. The summed E-state index contributed by atoms with van der Waals surface area (Å²) >= 11 is 3.57. The van der Waals surface area contributed by atoms with E-state index in [9.17, 15) is 4.79 Å². The summed E-state index contributed by atoms with van der Waals surface area (Å²) in [5.41, 5.74) is 0.716. The second-order valence-electron chi connectivity index (χ2n) is 4.85. The molecule has 0 aliphatic heterocycles. The van der Waals surface area contributed by atoms with Gasteiger partial charge in [-0.15, -0.1) is 0 Å². The Labute approximate surface area is 116 Å². The number of benzene rings is 1. The van der Waals surface area contributed by atoms with E-state index in [1.54, 1.807) is 7.11 Å². The van der Waals surface area contributed by atoms with E-state index in [2.05, 4.69) is 15.9 Å². The van der Waals surface area contributed by atoms with E-state index in [-0.39, 0.29) is 5.91 Å². The smallest absolute Gasteiger partial charge is 0.253 e. The lowest BCUT2D eigenvalue weighted by atomic mass is 9.85. The van der Waals surface area contributed by atoms with Crippen LogP contribution in [0.5, 0.6) is 5.75 Å². The van der Waals surface area contributed by atoms with Crippen molar-refractivity contribution in [2.45, 2.75) is 17.7 Å². The summed E-state index contributed by atoms with van der Waals surface area (Å²) in [6, 6.07) is 7.26. The van der Waals surface area contributed by atoms with Crippen LogP contribution in [0, 0.1) is 5.92 Å². The van der Waals surface area contributed by atoms with Crippen LogP contribution in [0.3, 0.4) is 0 Å². The lowest BCUT2D eigenvalue weighted by Gasteiger charge is -2.34. The molecule has 0 bridgehead atoms. The molecule has 2 rings (SSSR count). The maximum atomic E-state index is 12.2. The topological polar surface area (TPSA) is 29.5 Å². The van der Waals surface area contributed by atoms with Gasteiger partial charge in [0.1, 0.15) is 5.75 Å². The lowest BCUT2D eigenvalue weighted by molar-refractivity contribution is 0.0749. The van der Waals surface area contributed by atoms with Crippen molar-refractivity contribution in [1.82, 2.24) is 4.90 Å². The molecule has 1 amide bonds. The van der Waals surface area contributed by atoms with E-state index in [1.807, 2.05) is 36.2 Å². The van der Waals surface area contributed by atoms with E-state index in [0.717, 1.165) is 12.3 Å². The molecule has 1 aromatic carbocycles. The summed E-state index contributed by atoms with van der Waals surface area (Å²) in [6.07, 6.45) is 2.33. The number of hydrogen-bond donors (Lipinski definition) is 0. The molecule has 0 spiro atoms. The maximum Gasteiger partial charge on any atom is 0.253 e. The maximum absolute atomic E-state index is 12.2. The molecule has 1 aliphatic rings. The van der Waals surface area contributed by atoms with Crippen molar-refractivity contribution in [2.24, 2.45) is 5.92 Å². The largest absolute Gasteiger partial charge is 0.497 e. The molecule has 0 saturated heterocycles. The summed E-state index contributed by atoms with van der Waals surface area (Å²) in [5, 5.41) is 0. The number of nitrogens with zero attached hydrogens (tertiary/aromatic N) is 1. The highest BCUT2D eigenvalue weighted by Gasteiger charge is 2.28. The molecule has 0 heterocycles. The van der Waals surface area contributed by atoms with Crippen LogP contribution in [-0.4, -0.2) is 36.3 Å². The summed E-state index contributed by atoms with van der Waals surface area (Å²) in [4.78, 5) is 14.6. The summed E-state index contributed by atoms with van der Waals surface area (Å²) in [7, 11) is 3.49. The van der Waals surface area contributed by atoms with E-state index in [4.69, 9.17) is 4.74 Å². The molecular formula is C14H18BrNO2. The summed E-state index contributed by atoms with van der Waals surface area (Å²) in [6.45, 7) is 0.840. The second-order valence-corrected chi connectivity index (χ2v) is 6.14. The molecule has 1 aliphatic carbocycles. The zero-order chi connectivity index (χ0) is 13.1. The van der Waals surface area contributed by atoms with Crippen LogP contribution in [-0.2, 0) is 0 Å². The van der Waals surface area contributed by atoms with Crippen LogP contribution in [0.15, 0.2) is 24.3 Å². The number of methoxy groups -OCH3 is 1. The number of rotatable bonds is 4. The quantitative estimate of drug-likeness (QED) is 0.800. The Bertz CT molecular complexity index is 412. The minimum atomic E-state index is 0.0793. The minimum Gasteiger partial charge on any atom is -0.497 e. The van der Waals surface area contributed by atoms with E-state index in [0.29, 0.717) is 16.3 Å². The van der Waals surface area contributed by atoms with Crippen molar-refractivity contribution in [1.29, 1.82) is 0 Å². The van der Waals surface area contributed by atoms with Crippen molar-refractivity contribution in [3.05, 3.63) is 29.8 Å². The molecule has 0 radical (unpaired) electrons.